The first kappa shape index (κ1) is 12.7. The molecule has 1 amide bonds. The average molecular weight is 299 g/mol. The van der Waals surface area contributed by atoms with E-state index in [4.69, 9.17) is 4.74 Å². The van der Waals surface area contributed by atoms with Crippen LogP contribution in [0.4, 0.5) is 4.79 Å². The van der Waals surface area contributed by atoms with Gasteiger partial charge in [0.25, 0.3) is 3.91 Å². The van der Waals surface area contributed by atoms with Gasteiger partial charge in [0.15, 0.2) is 0 Å². The van der Waals surface area contributed by atoms with Gasteiger partial charge < -0.3 is 10.1 Å². The topological polar surface area (TPSA) is 55.4 Å². The molecule has 1 N–H and O–H groups in total. The lowest BCUT2D eigenvalue weighted by molar-refractivity contribution is -0.155. The number of halogens is 1. The Morgan fingerprint density at radius 2 is 2.00 bits per heavy atom. The van der Waals surface area contributed by atoms with Crippen molar-refractivity contribution in [3.63, 3.8) is 0 Å². The Bertz CT molecular complexity index is 204. The molecule has 0 radical (unpaired) electrons. The maximum atomic E-state index is 11.1. The van der Waals surface area contributed by atoms with Gasteiger partial charge in [0.2, 0.25) is 0 Å². The van der Waals surface area contributed by atoms with E-state index < -0.39 is 11.6 Å². The van der Waals surface area contributed by atoms with E-state index in [1.165, 1.54) is 0 Å². The van der Waals surface area contributed by atoms with Crippen LogP contribution in [0.2, 0.25) is 0 Å². The first-order valence-corrected chi connectivity index (χ1v) is 5.10. The van der Waals surface area contributed by atoms with Crippen molar-refractivity contribution in [1.29, 1.82) is 0 Å². The van der Waals surface area contributed by atoms with Gasteiger partial charge in [-0.2, -0.15) is 0 Å². The van der Waals surface area contributed by atoms with Gasteiger partial charge in [-0.1, -0.05) is 6.92 Å². The predicted molar refractivity (Wildman–Crippen MR) is 57.9 cm³/mol. The lowest BCUT2D eigenvalue weighted by Gasteiger charge is -2.23. The summed E-state index contributed by atoms with van der Waals surface area (Å²) in [4.78, 5) is 21.5. The minimum absolute atomic E-state index is 0.0643. The van der Waals surface area contributed by atoms with Crippen molar-refractivity contribution in [2.75, 3.05) is 6.54 Å². The standard InChI is InChI=1S/C8H14INO3/c1-4-8(2,3)13-6(11)5-10-7(9)12/h4-5H2,1-3H3,(H,10,12). The Kier molecular flexibility index (Phi) is 5.27. The third-order valence-corrected chi connectivity index (χ3v) is 1.99. The second-order valence-corrected chi connectivity index (χ2v) is 4.19. The van der Waals surface area contributed by atoms with Gasteiger partial charge in [0.05, 0.1) is 0 Å². The fourth-order valence-corrected chi connectivity index (χ4v) is 0.749. The molecule has 0 aromatic carbocycles. The Morgan fingerprint density at radius 1 is 1.46 bits per heavy atom. The van der Waals surface area contributed by atoms with Crippen LogP contribution < -0.4 is 5.32 Å². The summed E-state index contributed by atoms with van der Waals surface area (Å²) in [5.41, 5.74) is -0.451. The normalized spacial score (nSPS) is 10.8. The molecule has 0 fully saturated rings. The van der Waals surface area contributed by atoms with Crippen LogP contribution in [-0.2, 0) is 9.53 Å². The molecule has 0 atom stereocenters. The zero-order chi connectivity index (χ0) is 10.5. The van der Waals surface area contributed by atoms with Crippen LogP contribution in [0.3, 0.4) is 0 Å². The molecule has 0 unspecified atom stereocenters. The summed E-state index contributed by atoms with van der Waals surface area (Å²) in [6.45, 7) is 5.53. The molecule has 0 aromatic heterocycles. The molecule has 13 heavy (non-hydrogen) atoms. The van der Waals surface area contributed by atoms with Crippen molar-refractivity contribution in [2.45, 2.75) is 32.8 Å². The molecule has 4 nitrogen and oxygen atoms in total. The minimum atomic E-state index is -0.451. The van der Waals surface area contributed by atoms with Crippen molar-refractivity contribution in [1.82, 2.24) is 5.32 Å². The van der Waals surface area contributed by atoms with Gasteiger partial charge in [-0.3, -0.25) is 9.59 Å². The Balaban J connectivity index is 3.81. The van der Waals surface area contributed by atoms with E-state index in [0.29, 0.717) is 0 Å². The molecule has 0 aliphatic carbocycles. The molecular formula is C8H14INO3. The second-order valence-electron chi connectivity index (χ2n) is 3.21. The summed E-state index contributed by atoms with van der Waals surface area (Å²) in [6, 6.07) is 0. The quantitative estimate of drug-likeness (QED) is 0.373. The van der Waals surface area contributed by atoms with E-state index in [1.807, 2.05) is 20.8 Å². The first-order chi connectivity index (χ1) is 5.87. The fourth-order valence-electron chi connectivity index (χ4n) is 0.558. The van der Waals surface area contributed by atoms with Crippen LogP contribution in [0, 0.1) is 0 Å². The Morgan fingerprint density at radius 3 is 2.38 bits per heavy atom. The molecule has 0 saturated carbocycles. The maximum Gasteiger partial charge on any atom is 0.325 e. The molecule has 0 saturated heterocycles. The summed E-state index contributed by atoms with van der Waals surface area (Å²) in [5.74, 6) is -0.406. The fraction of sp³-hybridized carbons (Fsp3) is 0.750. The maximum absolute atomic E-state index is 11.1. The molecule has 0 aliphatic rings. The molecule has 0 bridgehead atoms. The van der Waals surface area contributed by atoms with Crippen molar-refractivity contribution in [3.05, 3.63) is 0 Å². The van der Waals surface area contributed by atoms with Gasteiger partial charge in [-0.25, -0.2) is 0 Å². The third-order valence-electron chi connectivity index (χ3n) is 1.61. The largest absolute Gasteiger partial charge is 0.458 e. The SMILES string of the molecule is CCC(C)(C)OC(=O)CNC(=O)I. The number of nitrogens with one attached hydrogen (secondary N) is 1. The molecule has 0 spiro atoms. The molecule has 0 aromatic rings. The lowest BCUT2D eigenvalue weighted by atomic mass is 10.1. The monoisotopic (exact) mass is 299 g/mol. The van der Waals surface area contributed by atoms with Crippen LogP contribution in [0.1, 0.15) is 27.2 Å². The van der Waals surface area contributed by atoms with Crippen molar-refractivity contribution in [2.24, 2.45) is 0 Å². The number of hydrogen-bond acceptors (Lipinski definition) is 3. The number of carbonyl (C=O) groups excluding carboxylic acids is 2. The van der Waals surface area contributed by atoms with Gasteiger partial charge >= 0.3 is 5.97 Å². The highest BCUT2D eigenvalue weighted by Crippen LogP contribution is 2.13. The number of rotatable bonds is 4. The van der Waals surface area contributed by atoms with Gasteiger partial charge in [-0.05, 0) is 20.3 Å². The van der Waals surface area contributed by atoms with Gasteiger partial charge in [-0.15, -0.1) is 0 Å². The van der Waals surface area contributed by atoms with Crippen molar-refractivity contribution >= 4 is 32.5 Å². The van der Waals surface area contributed by atoms with Crippen LogP contribution in [0.15, 0.2) is 0 Å². The zero-order valence-electron chi connectivity index (χ0n) is 8.02. The molecule has 0 aliphatic heterocycles. The lowest BCUT2D eigenvalue weighted by Crippen LogP contribution is -2.33. The summed E-state index contributed by atoms with van der Waals surface area (Å²) >= 11 is 1.56. The molecule has 76 valence electrons. The Labute approximate surface area is 91.5 Å². The summed E-state index contributed by atoms with van der Waals surface area (Å²) in [7, 11) is 0. The molecule has 0 rings (SSSR count). The van der Waals surface area contributed by atoms with E-state index in [0.717, 1.165) is 6.42 Å². The highest BCUT2D eigenvalue weighted by molar-refractivity contribution is 14.1. The summed E-state index contributed by atoms with van der Waals surface area (Å²) < 4.78 is 4.82. The predicted octanol–water partition coefficient (Wildman–Crippen LogP) is 1.86. The van der Waals surface area contributed by atoms with E-state index in [9.17, 15) is 9.59 Å². The minimum Gasteiger partial charge on any atom is -0.458 e. The molecule has 5 heteroatoms. The van der Waals surface area contributed by atoms with E-state index >= 15 is 0 Å². The number of amides is 1. The van der Waals surface area contributed by atoms with E-state index in [-0.39, 0.29) is 10.5 Å². The second kappa shape index (κ2) is 5.41. The molecule has 0 heterocycles. The Hall–Kier alpha value is -0.330. The number of esters is 1. The zero-order valence-corrected chi connectivity index (χ0v) is 10.2. The van der Waals surface area contributed by atoms with Crippen molar-refractivity contribution < 1.29 is 14.3 Å². The highest BCUT2D eigenvalue weighted by Gasteiger charge is 2.20. The number of carbonyl (C=O) groups is 2. The number of hydrogen-bond donors (Lipinski definition) is 1. The average Bonchev–Trinajstić information content (AvgIpc) is 2.00. The summed E-state index contributed by atoms with van der Waals surface area (Å²) in [5, 5.41) is 2.37. The number of ether oxygens (including phenoxy) is 1. The van der Waals surface area contributed by atoms with E-state index in [2.05, 4.69) is 5.32 Å². The van der Waals surface area contributed by atoms with Gasteiger partial charge in [0, 0.05) is 22.6 Å². The highest BCUT2D eigenvalue weighted by atomic mass is 127. The van der Waals surface area contributed by atoms with E-state index in [1.54, 1.807) is 22.6 Å². The third kappa shape index (κ3) is 6.80. The van der Waals surface area contributed by atoms with Crippen LogP contribution in [-0.4, -0.2) is 22.0 Å². The van der Waals surface area contributed by atoms with Crippen molar-refractivity contribution in [3.8, 4) is 0 Å². The smallest absolute Gasteiger partial charge is 0.325 e. The summed E-state index contributed by atoms with van der Waals surface area (Å²) in [6.07, 6.45) is 0.747. The van der Waals surface area contributed by atoms with Crippen LogP contribution in [0.5, 0.6) is 0 Å². The molecular weight excluding hydrogens is 285 g/mol. The van der Waals surface area contributed by atoms with Gasteiger partial charge in [0.1, 0.15) is 12.1 Å². The first-order valence-electron chi connectivity index (χ1n) is 4.02. The van der Waals surface area contributed by atoms with Crippen LogP contribution >= 0.6 is 22.6 Å². The van der Waals surface area contributed by atoms with Crippen LogP contribution in [0.25, 0.3) is 0 Å².